The summed E-state index contributed by atoms with van der Waals surface area (Å²) >= 11 is 1.65. The first kappa shape index (κ1) is 16.9. The van der Waals surface area contributed by atoms with E-state index in [9.17, 15) is 0 Å². The quantitative estimate of drug-likeness (QED) is 0.494. The molecule has 2 N–H and O–H groups in total. The summed E-state index contributed by atoms with van der Waals surface area (Å²) in [6.07, 6.45) is 1.43. The van der Waals surface area contributed by atoms with E-state index >= 15 is 0 Å². The topological polar surface area (TPSA) is 49.7 Å². The molecule has 17 heavy (non-hydrogen) atoms. The van der Waals surface area contributed by atoms with Gasteiger partial charge in [0.05, 0.1) is 0 Å². The first-order chi connectivity index (χ1) is 8.02. The van der Waals surface area contributed by atoms with Crippen molar-refractivity contribution in [1.29, 1.82) is 0 Å². The Kier molecular flexibility index (Phi) is 9.82. The van der Waals surface area contributed by atoms with E-state index in [1.54, 1.807) is 0 Å². The van der Waals surface area contributed by atoms with Crippen molar-refractivity contribution in [3.8, 4) is 0 Å². The second-order valence-corrected chi connectivity index (χ2v) is 5.45. The van der Waals surface area contributed by atoms with Gasteiger partial charge < -0.3 is 13.8 Å². The molecule has 0 heterocycles. The van der Waals surface area contributed by atoms with E-state index in [4.69, 9.17) is 13.8 Å². The third-order valence-corrected chi connectivity index (χ3v) is 2.98. The average Bonchev–Trinajstić information content (AvgIpc) is 2.27. The summed E-state index contributed by atoms with van der Waals surface area (Å²) in [5, 5.41) is 0. The van der Waals surface area contributed by atoms with E-state index in [1.807, 2.05) is 27.7 Å². The van der Waals surface area contributed by atoms with Crippen LogP contribution in [-0.4, -0.2) is 20.6 Å². The fourth-order valence-electron chi connectivity index (χ4n) is 1.23. The van der Waals surface area contributed by atoms with Crippen LogP contribution >= 0.6 is 24.1 Å². The summed E-state index contributed by atoms with van der Waals surface area (Å²) in [5.74, 6) is 3.08. The molecule has 0 fully saturated rings. The molecule has 0 spiro atoms. The van der Waals surface area contributed by atoms with Gasteiger partial charge in [-0.3, -0.25) is 0 Å². The van der Waals surface area contributed by atoms with Crippen molar-refractivity contribution < 1.29 is 13.8 Å². The van der Waals surface area contributed by atoms with Gasteiger partial charge in [-0.1, -0.05) is 0 Å². The van der Waals surface area contributed by atoms with E-state index in [2.05, 4.69) is 0 Å². The Balaban J connectivity index is 4.60. The van der Waals surface area contributed by atoms with Gasteiger partial charge in [-0.05, 0) is 62.9 Å². The van der Waals surface area contributed by atoms with Gasteiger partial charge in [0.1, 0.15) is 11.5 Å². The minimum atomic E-state index is 0.630. The zero-order chi connectivity index (χ0) is 13.3. The van der Waals surface area contributed by atoms with Crippen molar-refractivity contribution in [2.45, 2.75) is 40.5 Å². The number of ether oxygens (including phenoxy) is 1. The summed E-state index contributed by atoms with van der Waals surface area (Å²) in [6.45, 7) is 8.00. The first-order valence-corrected chi connectivity index (χ1v) is 7.44. The Bertz CT molecular complexity index is 249. The van der Waals surface area contributed by atoms with E-state index in [1.165, 1.54) is 0 Å². The highest BCUT2D eigenvalue weighted by molar-refractivity contribution is 7.93. The second-order valence-electron chi connectivity index (χ2n) is 4.11. The van der Waals surface area contributed by atoms with Crippen LogP contribution in [0.15, 0.2) is 22.7 Å². The van der Waals surface area contributed by atoms with Gasteiger partial charge in [0.2, 0.25) is 0 Å². The molecule has 5 heteroatoms. The van der Waals surface area contributed by atoms with Crippen molar-refractivity contribution >= 4 is 24.1 Å². The van der Waals surface area contributed by atoms with Gasteiger partial charge in [0.25, 0.3) is 0 Å². The Morgan fingerprint density at radius 1 is 0.824 bits per heavy atom. The summed E-state index contributed by atoms with van der Waals surface area (Å²) in [7, 11) is 0. The molecule has 0 aromatic rings. The minimum absolute atomic E-state index is 0.630. The molecule has 0 saturated carbocycles. The summed E-state index contributed by atoms with van der Waals surface area (Å²) in [4.78, 5) is 0. The smallest absolute Gasteiger partial charge is 0.103 e. The number of hydrogen-bond acceptors (Lipinski definition) is 5. The minimum Gasteiger partial charge on any atom is -0.466 e. The number of hydrogen-bond donors (Lipinski definition) is 2. The van der Waals surface area contributed by atoms with Gasteiger partial charge in [0.15, 0.2) is 0 Å². The van der Waals surface area contributed by atoms with Crippen LogP contribution < -0.4 is 0 Å². The molecule has 3 nitrogen and oxygen atoms in total. The van der Waals surface area contributed by atoms with Gasteiger partial charge in [-0.25, -0.2) is 0 Å². The predicted octanol–water partition coefficient (Wildman–Crippen LogP) is 4.78. The normalized spacial score (nSPS) is 10.0. The molecule has 100 valence electrons. The molecule has 0 aromatic heterocycles. The van der Waals surface area contributed by atoms with Crippen LogP contribution in [0.2, 0.25) is 0 Å². The lowest BCUT2D eigenvalue weighted by Gasteiger charge is -2.16. The van der Waals surface area contributed by atoms with Crippen molar-refractivity contribution in [2.75, 3.05) is 11.5 Å². The average molecular weight is 278 g/mol. The van der Waals surface area contributed by atoms with E-state index in [0.717, 1.165) is 46.8 Å². The maximum Gasteiger partial charge on any atom is 0.103 e. The van der Waals surface area contributed by atoms with Crippen LogP contribution in [0.5, 0.6) is 0 Å². The lowest BCUT2D eigenvalue weighted by Crippen LogP contribution is -2.00. The second kappa shape index (κ2) is 9.88. The maximum atomic E-state index is 8.77. The van der Waals surface area contributed by atoms with Crippen LogP contribution in [0.3, 0.4) is 0 Å². The van der Waals surface area contributed by atoms with Crippen LogP contribution in [0.1, 0.15) is 40.5 Å². The Hall–Kier alpha value is -0.100. The van der Waals surface area contributed by atoms with Crippen LogP contribution in [0, 0.1) is 0 Å². The largest absolute Gasteiger partial charge is 0.466 e. The number of allylic oxidation sites excluding steroid dienone is 4. The summed E-state index contributed by atoms with van der Waals surface area (Å²) in [5.41, 5.74) is 2.24. The van der Waals surface area contributed by atoms with Crippen molar-refractivity contribution in [1.82, 2.24) is 0 Å². The van der Waals surface area contributed by atoms with Crippen molar-refractivity contribution in [3.05, 3.63) is 22.7 Å². The van der Waals surface area contributed by atoms with Gasteiger partial charge in [-0.15, -0.1) is 0 Å². The molecule has 0 aliphatic rings. The lowest BCUT2D eigenvalue weighted by atomic mass is 10.2. The zero-order valence-electron chi connectivity index (χ0n) is 10.9. The fourth-order valence-corrected chi connectivity index (χ4v) is 1.78. The van der Waals surface area contributed by atoms with Gasteiger partial charge in [0, 0.05) is 24.3 Å². The van der Waals surface area contributed by atoms with Crippen molar-refractivity contribution in [2.24, 2.45) is 0 Å². The van der Waals surface area contributed by atoms with Crippen molar-refractivity contribution in [3.63, 3.8) is 0 Å². The van der Waals surface area contributed by atoms with Crippen LogP contribution in [0.25, 0.3) is 0 Å². The van der Waals surface area contributed by atoms with Crippen LogP contribution in [0.4, 0.5) is 0 Å². The molecule has 0 unspecified atom stereocenters. The highest BCUT2D eigenvalue weighted by Gasteiger charge is 2.08. The molecule has 0 bridgehead atoms. The van der Waals surface area contributed by atoms with Gasteiger partial charge in [-0.2, -0.15) is 0 Å². The zero-order valence-corrected chi connectivity index (χ0v) is 12.6. The van der Waals surface area contributed by atoms with E-state index in [-0.39, 0.29) is 0 Å². The predicted molar refractivity (Wildman–Crippen MR) is 77.2 cm³/mol. The SMILES string of the molecule is CC(C)=C(CCSO)OC(CCSO)=C(C)C. The lowest BCUT2D eigenvalue weighted by molar-refractivity contribution is 0.275. The highest BCUT2D eigenvalue weighted by atomic mass is 32.2. The first-order valence-electron chi connectivity index (χ1n) is 5.56. The van der Waals surface area contributed by atoms with Crippen LogP contribution in [-0.2, 0) is 4.74 Å². The Morgan fingerprint density at radius 3 is 1.41 bits per heavy atom. The molecule has 0 aliphatic carbocycles. The third-order valence-electron chi connectivity index (χ3n) is 2.20. The van der Waals surface area contributed by atoms with Gasteiger partial charge >= 0.3 is 0 Å². The molecule has 0 radical (unpaired) electrons. The molecule has 0 aliphatic heterocycles. The molecule has 0 amide bonds. The molecular weight excluding hydrogens is 256 g/mol. The monoisotopic (exact) mass is 278 g/mol. The number of rotatable bonds is 8. The fraction of sp³-hybridized carbons (Fsp3) is 0.667. The molecule has 0 atom stereocenters. The molecule has 0 rings (SSSR count). The standard InChI is InChI=1S/C12H22O3S2/c1-9(2)11(5-7-16-13)15-12(10(3)4)6-8-17-14/h13-14H,5-8H2,1-4H3. The van der Waals surface area contributed by atoms with E-state index in [0.29, 0.717) is 24.3 Å². The molecular formula is C12H22O3S2. The Morgan fingerprint density at radius 2 is 1.18 bits per heavy atom. The summed E-state index contributed by atoms with van der Waals surface area (Å²) < 4.78 is 23.4. The Labute approximate surface area is 113 Å². The highest BCUT2D eigenvalue weighted by Crippen LogP contribution is 2.22. The molecule has 0 saturated heterocycles. The summed E-state index contributed by atoms with van der Waals surface area (Å²) in [6, 6.07) is 0. The van der Waals surface area contributed by atoms with E-state index < -0.39 is 0 Å². The maximum absolute atomic E-state index is 8.77. The third kappa shape index (κ3) is 7.76. The molecule has 0 aromatic carbocycles.